The van der Waals surface area contributed by atoms with Crippen molar-refractivity contribution in [3.63, 3.8) is 0 Å². The fourth-order valence-corrected chi connectivity index (χ4v) is 5.37. The summed E-state index contributed by atoms with van der Waals surface area (Å²) < 4.78 is 11.7. The Morgan fingerprint density at radius 3 is 2.94 bits per heavy atom. The molecule has 2 nitrogen and oxygen atoms in total. The molecule has 0 amide bonds. The van der Waals surface area contributed by atoms with Crippen LogP contribution in [0.25, 0.3) is 0 Å². The molecule has 0 aromatic carbocycles. The molecule has 5 rings (SSSR count). The fraction of sp³-hybridized carbons (Fsp3) is 1.00. The van der Waals surface area contributed by atoms with Crippen molar-refractivity contribution < 1.29 is 9.47 Å². The predicted octanol–water partition coefficient (Wildman–Crippen LogP) is 2.37. The van der Waals surface area contributed by atoms with Crippen LogP contribution in [-0.4, -0.2) is 23.9 Å². The molecule has 16 heavy (non-hydrogen) atoms. The van der Waals surface area contributed by atoms with Gasteiger partial charge >= 0.3 is 0 Å². The first kappa shape index (κ1) is 8.93. The van der Waals surface area contributed by atoms with Gasteiger partial charge in [-0.2, -0.15) is 0 Å². The molecule has 2 saturated heterocycles. The Morgan fingerprint density at radius 1 is 1.12 bits per heavy atom. The van der Waals surface area contributed by atoms with Crippen molar-refractivity contribution in [2.75, 3.05) is 0 Å². The summed E-state index contributed by atoms with van der Waals surface area (Å²) in [6.45, 7) is 2.33. The molecule has 88 valence electrons. The van der Waals surface area contributed by atoms with E-state index < -0.39 is 0 Å². The van der Waals surface area contributed by atoms with Gasteiger partial charge in [-0.1, -0.05) is 0 Å². The van der Waals surface area contributed by atoms with Crippen LogP contribution in [0, 0.1) is 23.7 Å². The fourth-order valence-electron chi connectivity index (χ4n) is 5.37. The van der Waals surface area contributed by atoms with Gasteiger partial charge in [0.15, 0.2) is 0 Å². The van der Waals surface area contributed by atoms with E-state index in [1.54, 1.807) is 0 Å². The molecular weight excluding hydrogens is 200 g/mol. The van der Waals surface area contributed by atoms with Gasteiger partial charge in [0.05, 0.1) is 23.9 Å². The van der Waals surface area contributed by atoms with E-state index in [1.165, 1.54) is 32.1 Å². The first-order valence-corrected chi connectivity index (χ1v) is 7.08. The summed E-state index contributed by atoms with van der Waals surface area (Å²) in [5.74, 6) is 3.80. The minimum absolute atomic E-state index is 0.274. The molecule has 2 heteroatoms. The minimum Gasteiger partial charge on any atom is -0.369 e. The van der Waals surface area contributed by atoms with Crippen LogP contribution in [0.5, 0.6) is 0 Å². The van der Waals surface area contributed by atoms with Crippen molar-refractivity contribution in [2.45, 2.75) is 62.9 Å². The van der Waals surface area contributed by atoms with Crippen molar-refractivity contribution in [3.8, 4) is 0 Å². The molecule has 5 fully saturated rings. The summed E-state index contributed by atoms with van der Waals surface area (Å²) in [7, 11) is 0. The highest BCUT2D eigenvalue weighted by molar-refractivity contribution is 5.14. The van der Waals surface area contributed by atoms with Gasteiger partial charge in [-0.15, -0.1) is 0 Å². The lowest BCUT2D eigenvalue weighted by atomic mass is 9.60. The lowest BCUT2D eigenvalue weighted by Gasteiger charge is -2.44. The number of fused-ring (bicyclic) bond motifs is 6. The zero-order valence-electron chi connectivity index (χ0n) is 9.89. The van der Waals surface area contributed by atoms with Crippen molar-refractivity contribution in [1.82, 2.24) is 0 Å². The number of hydrogen-bond acceptors (Lipinski definition) is 2. The zero-order chi connectivity index (χ0) is 10.5. The van der Waals surface area contributed by atoms with Crippen LogP contribution in [0.15, 0.2) is 0 Å². The van der Waals surface area contributed by atoms with Gasteiger partial charge in [0.25, 0.3) is 0 Å². The van der Waals surface area contributed by atoms with E-state index in [0.717, 1.165) is 23.7 Å². The average Bonchev–Trinajstić information content (AvgIpc) is 3.12. The van der Waals surface area contributed by atoms with Crippen LogP contribution >= 0.6 is 0 Å². The monoisotopic (exact) mass is 220 g/mol. The summed E-state index contributed by atoms with van der Waals surface area (Å²) in [4.78, 5) is 0. The predicted molar refractivity (Wildman–Crippen MR) is 59.0 cm³/mol. The molecule has 0 aromatic rings. The van der Waals surface area contributed by atoms with Gasteiger partial charge in [-0.3, -0.25) is 0 Å². The highest BCUT2D eigenvalue weighted by Gasteiger charge is 2.66. The summed E-state index contributed by atoms with van der Waals surface area (Å²) in [6.07, 6.45) is 8.95. The number of hydrogen-bond donors (Lipinski definition) is 0. The maximum atomic E-state index is 5.91. The normalized spacial score (nSPS) is 69.9. The van der Waals surface area contributed by atoms with Gasteiger partial charge in [0.1, 0.15) is 0 Å². The Labute approximate surface area is 96.7 Å². The van der Waals surface area contributed by atoms with Crippen LogP contribution in [0.2, 0.25) is 0 Å². The Kier molecular flexibility index (Phi) is 1.40. The average molecular weight is 220 g/mol. The number of epoxide rings is 2. The minimum atomic E-state index is 0.274. The van der Waals surface area contributed by atoms with Crippen molar-refractivity contribution in [2.24, 2.45) is 23.7 Å². The maximum absolute atomic E-state index is 5.91. The second kappa shape index (κ2) is 2.51. The van der Waals surface area contributed by atoms with Gasteiger partial charge < -0.3 is 9.47 Å². The summed E-state index contributed by atoms with van der Waals surface area (Å²) in [5.41, 5.74) is 0.274. The van der Waals surface area contributed by atoms with E-state index in [9.17, 15) is 0 Å². The van der Waals surface area contributed by atoms with E-state index in [-0.39, 0.29) is 5.60 Å². The van der Waals surface area contributed by atoms with Crippen LogP contribution in [0.4, 0.5) is 0 Å². The second-order valence-electron chi connectivity index (χ2n) is 7.07. The lowest BCUT2D eigenvalue weighted by Crippen LogP contribution is -2.41. The van der Waals surface area contributed by atoms with E-state index in [4.69, 9.17) is 9.47 Å². The molecule has 0 N–H and O–H groups in total. The van der Waals surface area contributed by atoms with Crippen LogP contribution in [-0.2, 0) is 9.47 Å². The third-order valence-corrected chi connectivity index (χ3v) is 6.28. The van der Waals surface area contributed by atoms with E-state index in [1.807, 2.05) is 0 Å². The third-order valence-electron chi connectivity index (χ3n) is 6.28. The molecule has 2 heterocycles. The van der Waals surface area contributed by atoms with Gasteiger partial charge in [-0.25, -0.2) is 0 Å². The molecular formula is C14H20O2. The highest BCUT2D eigenvalue weighted by atomic mass is 16.6. The van der Waals surface area contributed by atoms with Crippen molar-refractivity contribution in [1.29, 1.82) is 0 Å². The molecule has 3 saturated carbocycles. The maximum Gasteiger partial charge on any atom is 0.0923 e. The van der Waals surface area contributed by atoms with Gasteiger partial charge in [0.2, 0.25) is 0 Å². The standard InChI is InChI=1S/C14H20O2/c1-14-6-9-7(5-11(14)16-14)2-3-8-4-10-13(15-10)12(8)9/h7-13H,2-6H2,1H3. The SMILES string of the molecule is CC12CC3C(CCC4CC5OC5C43)CC1O2. The number of ether oxygens (including phenoxy) is 2. The first-order valence-electron chi connectivity index (χ1n) is 7.08. The van der Waals surface area contributed by atoms with E-state index >= 15 is 0 Å². The molecule has 5 aliphatic rings. The number of rotatable bonds is 0. The summed E-state index contributed by atoms with van der Waals surface area (Å²) in [6, 6.07) is 0. The molecule has 8 atom stereocenters. The molecule has 8 unspecified atom stereocenters. The van der Waals surface area contributed by atoms with E-state index in [0.29, 0.717) is 18.3 Å². The van der Waals surface area contributed by atoms with Gasteiger partial charge in [-0.05, 0) is 62.7 Å². The van der Waals surface area contributed by atoms with Crippen LogP contribution < -0.4 is 0 Å². The summed E-state index contributed by atoms with van der Waals surface area (Å²) in [5, 5.41) is 0. The Bertz CT molecular complexity index is 355. The quantitative estimate of drug-likeness (QED) is 0.585. The largest absolute Gasteiger partial charge is 0.369 e. The summed E-state index contributed by atoms with van der Waals surface area (Å²) >= 11 is 0. The molecule has 0 bridgehead atoms. The Hall–Kier alpha value is -0.0800. The van der Waals surface area contributed by atoms with Crippen molar-refractivity contribution >= 4 is 0 Å². The molecule has 2 aliphatic heterocycles. The molecule has 3 aliphatic carbocycles. The zero-order valence-corrected chi connectivity index (χ0v) is 9.89. The second-order valence-corrected chi connectivity index (χ2v) is 7.07. The molecule has 0 aromatic heterocycles. The van der Waals surface area contributed by atoms with Crippen molar-refractivity contribution in [3.05, 3.63) is 0 Å². The highest BCUT2D eigenvalue weighted by Crippen LogP contribution is 2.63. The van der Waals surface area contributed by atoms with E-state index in [2.05, 4.69) is 6.92 Å². The topological polar surface area (TPSA) is 25.1 Å². The molecule has 0 spiro atoms. The Balaban J connectivity index is 1.48. The smallest absolute Gasteiger partial charge is 0.0923 e. The van der Waals surface area contributed by atoms with Gasteiger partial charge in [0, 0.05) is 0 Å². The first-order chi connectivity index (χ1) is 7.74. The third kappa shape index (κ3) is 0.971. The van der Waals surface area contributed by atoms with Crippen LogP contribution in [0.1, 0.15) is 39.0 Å². The van der Waals surface area contributed by atoms with Crippen LogP contribution in [0.3, 0.4) is 0 Å². The molecule has 0 radical (unpaired) electrons. The Morgan fingerprint density at radius 2 is 2.00 bits per heavy atom. The lowest BCUT2D eigenvalue weighted by molar-refractivity contribution is 0.0300.